The zero-order chi connectivity index (χ0) is 43.7. The number of rotatable bonds is 6. The molecule has 0 saturated carbocycles. The average Bonchev–Trinajstić information content (AvgIpc) is 3.72. The zero-order valence-corrected chi connectivity index (χ0v) is 36.5. The van der Waals surface area contributed by atoms with E-state index in [0.717, 1.165) is 0 Å². The highest BCUT2D eigenvalue weighted by atomic mass is 15.0. The van der Waals surface area contributed by atoms with Crippen molar-refractivity contribution >= 4 is 64.9 Å². The highest BCUT2D eigenvalue weighted by molar-refractivity contribution is 6.12. The van der Waals surface area contributed by atoms with Crippen molar-refractivity contribution in [3.05, 3.63) is 248 Å². The Morgan fingerprint density at radius 1 is 0.227 bits per heavy atom. The molecule has 0 N–H and O–H groups in total. The van der Waals surface area contributed by atoms with Crippen LogP contribution in [0.25, 0.3) is 126 Å². The molecule has 0 atom stereocenters. The van der Waals surface area contributed by atoms with Crippen LogP contribution < -0.4 is 0 Å². The maximum absolute atomic E-state index is 2.38. The van der Waals surface area contributed by atoms with Gasteiger partial charge in [0.1, 0.15) is 0 Å². The van der Waals surface area contributed by atoms with Crippen LogP contribution in [-0.2, 0) is 0 Å². The van der Waals surface area contributed by atoms with Gasteiger partial charge in [-0.05, 0) is 178 Å². The third kappa shape index (κ3) is 6.47. The third-order valence-corrected chi connectivity index (χ3v) is 13.7. The predicted octanol–water partition coefficient (Wildman–Crippen LogP) is 18.0. The highest BCUT2D eigenvalue weighted by Crippen LogP contribution is 2.40. The first kappa shape index (κ1) is 38.0. The Hall–Kier alpha value is -8.52. The summed E-state index contributed by atoms with van der Waals surface area (Å²) in [6.45, 7) is 2.21. The van der Waals surface area contributed by atoms with E-state index < -0.39 is 0 Å². The van der Waals surface area contributed by atoms with Gasteiger partial charge >= 0.3 is 0 Å². The normalized spacial score (nSPS) is 11.7. The van der Waals surface area contributed by atoms with E-state index in [2.05, 4.69) is 254 Å². The van der Waals surface area contributed by atoms with Crippen LogP contribution in [0.5, 0.6) is 0 Å². The first-order valence-corrected chi connectivity index (χ1v) is 22.9. The van der Waals surface area contributed by atoms with Gasteiger partial charge in [-0.25, -0.2) is 0 Å². The monoisotopic (exact) mass is 837 g/mol. The first-order valence-electron chi connectivity index (χ1n) is 22.9. The number of aryl methyl sites for hydroxylation is 1. The van der Waals surface area contributed by atoms with Gasteiger partial charge in [-0.3, -0.25) is 0 Å². The van der Waals surface area contributed by atoms with Gasteiger partial charge in [-0.2, -0.15) is 0 Å². The number of aromatic nitrogens is 1. The zero-order valence-electron chi connectivity index (χ0n) is 36.5. The number of fused-ring (bicyclic) bond motifs is 9. The van der Waals surface area contributed by atoms with Crippen LogP contribution in [0, 0.1) is 6.92 Å². The average molecular weight is 838 g/mol. The summed E-state index contributed by atoms with van der Waals surface area (Å²) in [6, 6.07) is 89.9. The quantitative estimate of drug-likeness (QED) is 0.147. The molecule has 66 heavy (non-hydrogen) atoms. The second-order valence-corrected chi connectivity index (χ2v) is 17.8. The molecule has 0 spiro atoms. The van der Waals surface area contributed by atoms with Gasteiger partial charge in [0.25, 0.3) is 0 Å². The fraction of sp³-hybridized carbons (Fsp3) is 0.0154. The number of hydrogen-bond donors (Lipinski definition) is 0. The molecule has 12 aromatic carbocycles. The molecule has 0 aliphatic heterocycles. The van der Waals surface area contributed by atoms with Crippen molar-refractivity contribution in [2.75, 3.05) is 0 Å². The minimum absolute atomic E-state index is 1.17. The van der Waals surface area contributed by atoms with Crippen LogP contribution in [0.3, 0.4) is 0 Å². The molecule has 308 valence electrons. The summed E-state index contributed by atoms with van der Waals surface area (Å²) >= 11 is 0. The third-order valence-electron chi connectivity index (χ3n) is 13.7. The molecule has 0 bridgehead atoms. The van der Waals surface area contributed by atoms with E-state index in [1.54, 1.807) is 0 Å². The van der Waals surface area contributed by atoms with Crippen molar-refractivity contribution in [3.63, 3.8) is 0 Å². The molecule has 0 unspecified atom stereocenters. The maximum atomic E-state index is 2.38. The lowest BCUT2D eigenvalue weighted by atomic mass is 9.90. The molecule has 13 rings (SSSR count). The van der Waals surface area contributed by atoms with Crippen molar-refractivity contribution in [3.8, 4) is 61.3 Å². The molecular formula is C65H43N. The molecule has 0 amide bonds. The Morgan fingerprint density at radius 3 is 1.21 bits per heavy atom. The molecule has 1 heteroatoms. The van der Waals surface area contributed by atoms with E-state index in [1.807, 2.05) is 0 Å². The number of hydrogen-bond acceptors (Lipinski definition) is 0. The summed E-state index contributed by atoms with van der Waals surface area (Å²) in [5.74, 6) is 0. The summed E-state index contributed by atoms with van der Waals surface area (Å²) < 4.78 is 2.38. The first-order chi connectivity index (χ1) is 32.6. The minimum Gasteiger partial charge on any atom is -0.309 e. The number of nitrogens with zero attached hydrogens (tertiary/aromatic N) is 1. The maximum Gasteiger partial charge on any atom is 0.0541 e. The SMILES string of the molecule is Cc1cc(-c2ccc(-c3cc(-c4ccc5c(ccc6ccccc65)c4)cc(-c4ccc5c(ccc6ccccc65)c4)c3)cc2)cc(-c2ccc3c(c2)c2ccccc2n3-c2ccccc2)c1. The largest absolute Gasteiger partial charge is 0.309 e. The van der Waals surface area contributed by atoms with Gasteiger partial charge in [0.05, 0.1) is 11.0 Å². The van der Waals surface area contributed by atoms with E-state index in [9.17, 15) is 0 Å². The molecule has 13 aromatic rings. The van der Waals surface area contributed by atoms with Gasteiger partial charge in [-0.15, -0.1) is 0 Å². The van der Waals surface area contributed by atoms with Crippen LogP contribution in [0.2, 0.25) is 0 Å². The smallest absolute Gasteiger partial charge is 0.0541 e. The van der Waals surface area contributed by atoms with E-state index in [-0.39, 0.29) is 0 Å². The van der Waals surface area contributed by atoms with E-state index >= 15 is 0 Å². The van der Waals surface area contributed by atoms with Crippen molar-refractivity contribution in [2.45, 2.75) is 6.92 Å². The lowest BCUT2D eigenvalue weighted by Gasteiger charge is -2.14. The Morgan fingerprint density at radius 2 is 0.621 bits per heavy atom. The molecule has 1 nitrogen and oxygen atoms in total. The molecule has 1 heterocycles. The molecule has 0 radical (unpaired) electrons. The molecule has 0 aliphatic carbocycles. The van der Waals surface area contributed by atoms with Crippen molar-refractivity contribution in [1.29, 1.82) is 0 Å². The minimum atomic E-state index is 1.17. The van der Waals surface area contributed by atoms with Gasteiger partial charge in [0.15, 0.2) is 0 Å². The second kappa shape index (κ2) is 15.3. The summed E-state index contributed by atoms with van der Waals surface area (Å²) in [4.78, 5) is 0. The molecular weight excluding hydrogens is 795 g/mol. The number of para-hydroxylation sites is 2. The second-order valence-electron chi connectivity index (χ2n) is 17.8. The lowest BCUT2D eigenvalue weighted by molar-refractivity contribution is 1.18. The Kier molecular flexibility index (Phi) is 8.82. The van der Waals surface area contributed by atoms with E-state index in [0.29, 0.717) is 0 Å². The van der Waals surface area contributed by atoms with Gasteiger partial charge in [0, 0.05) is 16.5 Å². The lowest BCUT2D eigenvalue weighted by Crippen LogP contribution is -1.92. The van der Waals surface area contributed by atoms with Crippen LogP contribution >= 0.6 is 0 Å². The fourth-order valence-corrected chi connectivity index (χ4v) is 10.5. The van der Waals surface area contributed by atoms with Crippen LogP contribution in [0.4, 0.5) is 0 Å². The summed E-state index contributed by atoms with van der Waals surface area (Å²) in [5.41, 5.74) is 16.9. The van der Waals surface area contributed by atoms with Crippen LogP contribution in [0.15, 0.2) is 243 Å². The summed E-state index contributed by atoms with van der Waals surface area (Å²) in [5, 5.41) is 12.7. The van der Waals surface area contributed by atoms with E-state index in [1.165, 1.54) is 132 Å². The van der Waals surface area contributed by atoms with Crippen molar-refractivity contribution in [2.24, 2.45) is 0 Å². The standard InChI is InChI=1S/C65H43N/c1-42-33-52(37-53(34-42)49-29-32-65-63(41-49)62-17-9-10-18-64(62)66(65)57-13-3-2-4-14-57)43-19-21-44(22-20-43)54-38-55(47-27-30-60-50(35-47)25-23-45-11-5-7-15-58(45)60)40-56(39-54)48-28-31-61-51(36-48)26-24-46-12-6-8-16-59(46)61/h2-41H,1H3. The van der Waals surface area contributed by atoms with Crippen LogP contribution in [-0.4, -0.2) is 4.57 Å². The molecule has 1 aromatic heterocycles. The highest BCUT2D eigenvalue weighted by Gasteiger charge is 2.15. The molecule has 0 aliphatic rings. The fourth-order valence-electron chi connectivity index (χ4n) is 10.5. The topological polar surface area (TPSA) is 4.93 Å². The van der Waals surface area contributed by atoms with Gasteiger partial charge in [0.2, 0.25) is 0 Å². The van der Waals surface area contributed by atoms with Crippen molar-refractivity contribution in [1.82, 2.24) is 4.57 Å². The van der Waals surface area contributed by atoms with Gasteiger partial charge in [-0.1, -0.05) is 176 Å². The molecule has 0 saturated heterocycles. The summed E-state index contributed by atoms with van der Waals surface area (Å²) in [6.07, 6.45) is 0. The molecule has 0 fully saturated rings. The Labute approximate surface area is 384 Å². The van der Waals surface area contributed by atoms with Crippen LogP contribution in [0.1, 0.15) is 5.56 Å². The Bertz CT molecular complexity index is 3900. The van der Waals surface area contributed by atoms with Gasteiger partial charge < -0.3 is 4.57 Å². The van der Waals surface area contributed by atoms with Crippen molar-refractivity contribution < 1.29 is 0 Å². The summed E-state index contributed by atoms with van der Waals surface area (Å²) in [7, 11) is 0. The number of benzene rings is 12. The van der Waals surface area contributed by atoms with E-state index in [4.69, 9.17) is 0 Å². The predicted molar refractivity (Wildman–Crippen MR) is 283 cm³/mol. The Balaban J connectivity index is 0.895.